The topological polar surface area (TPSA) is 67.9 Å². The number of hydrogen-bond donors (Lipinski definition) is 1. The van der Waals surface area contributed by atoms with Crippen LogP contribution in [0.4, 0.5) is 5.69 Å². The van der Waals surface area contributed by atoms with Crippen molar-refractivity contribution in [3.05, 3.63) is 53.6 Å². The van der Waals surface area contributed by atoms with E-state index in [2.05, 4.69) is 5.32 Å². The highest BCUT2D eigenvalue weighted by Crippen LogP contribution is 2.32. The molecule has 6 nitrogen and oxygen atoms in total. The van der Waals surface area contributed by atoms with Crippen molar-refractivity contribution in [1.29, 1.82) is 0 Å². The fourth-order valence-electron chi connectivity index (χ4n) is 3.22. The molecule has 134 valence electrons. The molecule has 0 unspecified atom stereocenters. The van der Waals surface area contributed by atoms with E-state index < -0.39 is 0 Å². The molecular formula is C20H20N2O4. The molecule has 2 amide bonds. The van der Waals surface area contributed by atoms with Crippen LogP contribution in [0.15, 0.2) is 42.5 Å². The summed E-state index contributed by atoms with van der Waals surface area (Å²) in [5.41, 5.74) is 1.61. The third-order valence-electron chi connectivity index (χ3n) is 4.57. The van der Waals surface area contributed by atoms with Crippen molar-refractivity contribution in [3.63, 3.8) is 0 Å². The number of hydrogen-bond acceptors (Lipinski definition) is 4. The molecule has 0 aromatic heterocycles. The largest absolute Gasteiger partial charge is 0.486 e. The van der Waals surface area contributed by atoms with Crippen molar-refractivity contribution in [3.8, 4) is 11.5 Å². The number of anilines is 1. The van der Waals surface area contributed by atoms with Gasteiger partial charge in [-0.25, -0.2) is 0 Å². The second kappa shape index (κ2) is 7.07. The molecule has 2 aliphatic rings. The van der Waals surface area contributed by atoms with Crippen LogP contribution in [-0.2, 0) is 0 Å². The third kappa shape index (κ3) is 3.35. The lowest BCUT2D eigenvalue weighted by molar-refractivity contribution is 0.0793. The van der Waals surface area contributed by atoms with Crippen molar-refractivity contribution in [2.45, 2.75) is 12.8 Å². The summed E-state index contributed by atoms with van der Waals surface area (Å²) in [5, 5.41) is 2.84. The van der Waals surface area contributed by atoms with E-state index in [1.165, 1.54) is 0 Å². The van der Waals surface area contributed by atoms with Gasteiger partial charge in [-0.2, -0.15) is 0 Å². The number of fused-ring (bicyclic) bond motifs is 1. The molecule has 6 heteroatoms. The van der Waals surface area contributed by atoms with Crippen LogP contribution in [0.3, 0.4) is 0 Å². The lowest BCUT2D eigenvalue weighted by atomic mass is 10.1. The molecule has 4 rings (SSSR count). The first kappa shape index (κ1) is 16.4. The Balaban J connectivity index is 1.49. The van der Waals surface area contributed by atoms with Crippen LogP contribution in [0.2, 0.25) is 0 Å². The summed E-state index contributed by atoms with van der Waals surface area (Å²) in [4.78, 5) is 26.9. The van der Waals surface area contributed by atoms with Gasteiger partial charge in [0.2, 0.25) is 0 Å². The predicted octanol–water partition coefficient (Wildman–Crippen LogP) is 2.95. The minimum atomic E-state index is -0.266. The summed E-state index contributed by atoms with van der Waals surface area (Å²) in [7, 11) is 0. The fourth-order valence-corrected chi connectivity index (χ4v) is 3.22. The molecule has 0 atom stereocenters. The quantitative estimate of drug-likeness (QED) is 0.922. The van der Waals surface area contributed by atoms with Gasteiger partial charge in [0.15, 0.2) is 11.5 Å². The second-order valence-corrected chi connectivity index (χ2v) is 6.39. The number of rotatable bonds is 3. The maximum atomic E-state index is 12.6. The molecule has 0 saturated carbocycles. The molecule has 2 aromatic carbocycles. The Hall–Kier alpha value is -3.02. The first-order valence-corrected chi connectivity index (χ1v) is 8.81. The first-order chi connectivity index (χ1) is 12.7. The van der Waals surface area contributed by atoms with Gasteiger partial charge in [-0.15, -0.1) is 0 Å². The zero-order valence-electron chi connectivity index (χ0n) is 14.4. The summed E-state index contributed by atoms with van der Waals surface area (Å²) in [6.07, 6.45) is 2.08. The predicted molar refractivity (Wildman–Crippen MR) is 97.0 cm³/mol. The number of nitrogens with zero attached hydrogens (tertiary/aromatic N) is 1. The van der Waals surface area contributed by atoms with Gasteiger partial charge < -0.3 is 19.7 Å². The molecule has 1 fully saturated rings. The molecule has 2 heterocycles. The summed E-state index contributed by atoms with van der Waals surface area (Å²) in [5.74, 6) is 1.01. The highest BCUT2D eigenvalue weighted by atomic mass is 16.6. The molecule has 0 bridgehead atoms. The molecule has 2 aromatic rings. The van der Waals surface area contributed by atoms with Crippen LogP contribution in [0, 0.1) is 0 Å². The van der Waals surface area contributed by atoms with E-state index in [0.29, 0.717) is 41.5 Å². The van der Waals surface area contributed by atoms with Gasteiger partial charge in [0.1, 0.15) is 13.2 Å². The number of nitrogens with one attached hydrogen (secondary N) is 1. The van der Waals surface area contributed by atoms with Crippen LogP contribution >= 0.6 is 0 Å². The number of ether oxygens (including phenoxy) is 2. The highest BCUT2D eigenvalue weighted by Gasteiger charge is 2.20. The molecule has 0 radical (unpaired) electrons. The average Bonchev–Trinajstić information content (AvgIpc) is 3.22. The minimum Gasteiger partial charge on any atom is -0.486 e. The van der Waals surface area contributed by atoms with Crippen LogP contribution in [-0.4, -0.2) is 43.0 Å². The number of amides is 2. The van der Waals surface area contributed by atoms with Gasteiger partial charge in [0.05, 0.1) is 0 Å². The molecule has 1 N–H and O–H groups in total. The first-order valence-electron chi connectivity index (χ1n) is 8.81. The third-order valence-corrected chi connectivity index (χ3v) is 4.57. The summed E-state index contributed by atoms with van der Waals surface area (Å²) >= 11 is 0. The monoisotopic (exact) mass is 352 g/mol. The standard InChI is InChI=1S/C20H20N2O4/c23-19(21-16-6-7-17-18(13-16)26-11-10-25-17)14-4-3-5-15(12-14)20(24)22-8-1-2-9-22/h3-7,12-13H,1-2,8-11H2,(H,21,23). The van der Waals surface area contributed by atoms with Crippen LogP contribution < -0.4 is 14.8 Å². The average molecular weight is 352 g/mol. The summed E-state index contributed by atoms with van der Waals surface area (Å²) in [6.45, 7) is 2.58. The number of carbonyl (C=O) groups excluding carboxylic acids is 2. The van der Waals surface area contributed by atoms with Crippen molar-refractivity contribution in [2.24, 2.45) is 0 Å². The van der Waals surface area contributed by atoms with Crippen LogP contribution in [0.5, 0.6) is 11.5 Å². The number of likely N-dealkylation sites (tertiary alicyclic amines) is 1. The molecule has 0 aliphatic carbocycles. The zero-order chi connectivity index (χ0) is 17.9. The second-order valence-electron chi connectivity index (χ2n) is 6.39. The Labute approximate surface area is 151 Å². The fraction of sp³-hybridized carbons (Fsp3) is 0.300. The molecule has 0 spiro atoms. The van der Waals surface area contributed by atoms with Crippen molar-refractivity contribution in [2.75, 3.05) is 31.6 Å². The maximum absolute atomic E-state index is 12.6. The van der Waals surface area contributed by atoms with Gasteiger partial charge in [-0.05, 0) is 43.2 Å². The normalized spacial score (nSPS) is 15.6. The van der Waals surface area contributed by atoms with Crippen molar-refractivity contribution >= 4 is 17.5 Å². The van der Waals surface area contributed by atoms with Gasteiger partial charge >= 0.3 is 0 Å². The van der Waals surface area contributed by atoms with Crippen LogP contribution in [0.25, 0.3) is 0 Å². The van der Waals surface area contributed by atoms with Gasteiger partial charge in [-0.1, -0.05) is 6.07 Å². The molecule has 1 saturated heterocycles. The van der Waals surface area contributed by atoms with Gasteiger partial charge in [0, 0.05) is 36.0 Å². The Morgan fingerprint density at radius 3 is 2.42 bits per heavy atom. The van der Waals surface area contributed by atoms with E-state index in [9.17, 15) is 9.59 Å². The molecule has 2 aliphatic heterocycles. The Kier molecular flexibility index (Phi) is 4.48. The SMILES string of the molecule is O=C(Nc1ccc2c(c1)OCCO2)c1cccc(C(=O)N2CCCC2)c1. The van der Waals surface area contributed by atoms with Crippen LogP contribution in [0.1, 0.15) is 33.6 Å². The number of carbonyl (C=O) groups is 2. The lowest BCUT2D eigenvalue weighted by Crippen LogP contribution is -2.27. The van der Waals surface area contributed by atoms with E-state index in [1.54, 1.807) is 42.5 Å². The van der Waals surface area contributed by atoms with E-state index in [-0.39, 0.29) is 11.8 Å². The molecule has 26 heavy (non-hydrogen) atoms. The number of benzene rings is 2. The molecular weight excluding hydrogens is 332 g/mol. The van der Waals surface area contributed by atoms with Crippen molar-refractivity contribution in [1.82, 2.24) is 4.90 Å². The summed E-state index contributed by atoms with van der Waals surface area (Å²) < 4.78 is 11.0. The zero-order valence-corrected chi connectivity index (χ0v) is 14.4. The van der Waals surface area contributed by atoms with Crippen molar-refractivity contribution < 1.29 is 19.1 Å². The van der Waals surface area contributed by atoms with E-state index in [1.807, 2.05) is 4.90 Å². The van der Waals surface area contributed by atoms with E-state index >= 15 is 0 Å². The minimum absolute atomic E-state index is 0.0171. The maximum Gasteiger partial charge on any atom is 0.255 e. The highest BCUT2D eigenvalue weighted by molar-refractivity contribution is 6.06. The lowest BCUT2D eigenvalue weighted by Gasteiger charge is -2.19. The Morgan fingerprint density at radius 1 is 0.885 bits per heavy atom. The Bertz CT molecular complexity index is 843. The van der Waals surface area contributed by atoms with Gasteiger partial charge in [-0.3, -0.25) is 9.59 Å². The Morgan fingerprint density at radius 2 is 1.62 bits per heavy atom. The van der Waals surface area contributed by atoms with E-state index in [0.717, 1.165) is 25.9 Å². The van der Waals surface area contributed by atoms with Gasteiger partial charge in [0.25, 0.3) is 11.8 Å². The smallest absolute Gasteiger partial charge is 0.255 e. The summed E-state index contributed by atoms with van der Waals surface area (Å²) in [6, 6.07) is 12.1. The van der Waals surface area contributed by atoms with E-state index in [4.69, 9.17) is 9.47 Å².